The van der Waals surface area contributed by atoms with E-state index in [1.54, 1.807) is 0 Å². The van der Waals surface area contributed by atoms with Gasteiger partial charge in [-0.1, -0.05) is 23.7 Å². The van der Waals surface area contributed by atoms with Crippen molar-refractivity contribution < 1.29 is 4.79 Å². The van der Waals surface area contributed by atoms with Crippen LogP contribution in [0.3, 0.4) is 0 Å². The van der Waals surface area contributed by atoms with Gasteiger partial charge >= 0.3 is 0 Å². The highest BCUT2D eigenvalue weighted by Crippen LogP contribution is 2.29. The molecular formula is C15H21ClN2O. The van der Waals surface area contributed by atoms with E-state index in [2.05, 4.69) is 0 Å². The molecule has 3 unspecified atom stereocenters. The number of hydrogen-bond acceptors (Lipinski definition) is 2. The van der Waals surface area contributed by atoms with Gasteiger partial charge in [0.25, 0.3) is 0 Å². The Labute approximate surface area is 119 Å². The summed E-state index contributed by atoms with van der Waals surface area (Å²) >= 11 is 6.00. The lowest BCUT2D eigenvalue weighted by molar-refractivity contribution is -0.136. The van der Waals surface area contributed by atoms with Gasteiger partial charge in [-0.15, -0.1) is 0 Å². The Morgan fingerprint density at radius 1 is 1.47 bits per heavy atom. The summed E-state index contributed by atoms with van der Waals surface area (Å²) in [5.41, 5.74) is 6.94. The summed E-state index contributed by atoms with van der Waals surface area (Å²) in [6.45, 7) is 2.03. The molecule has 0 radical (unpaired) electrons. The van der Waals surface area contributed by atoms with E-state index in [4.69, 9.17) is 17.3 Å². The van der Waals surface area contributed by atoms with Gasteiger partial charge in [0.15, 0.2) is 0 Å². The van der Waals surface area contributed by atoms with Gasteiger partial charge in [0.2, 0.25) is 5.91 Å². The molecular weight excluding hydrogens is 260 g/mol. The highest BCUT2D eigenvalue weighted by molar-refractivity contribution is 6.30. The maximum atomic E-state index is 12.4. The summed E-state index contributed by atoms with van der Waals surface area (Å²) in [4.78, 5) is 14.2. The predicted molar refractivity (Wildman–Crippen MR) is 78.0 cm³/mol. The van der Waals surface area contributed by atoms with E-state index in [0.29, 0.717) is 5.02 Å². The zero-order chi connectivity index (χ0) is 14.0. The third kappa shape index (κ3) is 3.28. The molecule has 0 bridgehead atoms. The first kappa shape index (κ1) is 14.4. The van der Waals surface area contributed by atoms with E-state index in [9.17, 15) is 4.79 Å². The van der Waals surface area contributed by atoms with Crippen LogP contribution in [-0.4, -0.2) is 23.9 Å². The fraction of sp³-hybridized carbons (Fsp3) is 0.533. The Kier molecular flexibility index (Phi) is 4.48. The van der Waals surface area contributed by atoms with Crippen LogP contribution in [-0.2, 0) is 4.79 Å². The third-order valence-corrected chi connectivity index (χ3v) is 4.32. The van der Waals surface area contributed by atoms with Crippen molar-refractivity contribution in [3.8, 4) is 0 Å². The molecule has 4 heteroatoms. The number of halogens is 1. The number of rotatable bonds is 3. The number of nitrogens with two attached hydrogens (primary N) is 1. The number of hydrogen-bond donors (Lipinski definition) is 1. The predicted octanol–water partition coefficient (Wildman–Crippen LogP) is 2.99. The van der Waals surface area contributed by atoms with E-state index < -0.39 is 0 Å². The number of benzene rings is 1. The topological polar surface area (TPSA) is 46.3 Å². The lowest BCUT2D eigenvalue weighted by atomic mass is 10.0. The van der Waals surface area contributed by atoms with E-state index in [1.807, 2.05) is 43.1 Å². The first-order chi connectivity index (χ1) is 8.99. The second kappa shape index (κ2) is 5.93. The molecule has 1 aromatic carbocycles. The highest BCUT2D eigenvalue weighted by atomic mass is 35.5. The number of nitrogens with zero attached hydrogens (tertiary/aromatic N) is 1. The van der Waals surface area contributed by atoms with Crippen LogP contribution in [0.1, 0.15) is 37.8 Å². The molecule has 0 saturated heterocycles. The Bertz CT molecular complexity index is 463. The molecule has 1 amide bonds. The molecule has 3 nitrogen and oxygen atoms in total. The van der Waals surface area contributed by atoms with Gasteiger partial charge in [-0.3, -0.25) is 4.79 Å². The Morgan fingerprint density at radius 3 is 2.79 bits per heavy atom. The van der Waals surface area contributed by atoms with Gasteiger partial charge in [-0.05, 0) is 43.9 Å². The zero-order valence-electron chi connectivity index (χ0n) is 11.5. The minimum Gasteiger partial charge on any atom is -0.339 e. The Hall–Kier alpha value is -1.06. The molecule has 0 spiro atoms. The first-order valence-electron chi connectivity index (χ1n) is 6.76. The molecule has 3 atom stereocenters. The molecule has 2 rings (SSSR count). The quantitative estimate of drug-likeness (QED) is 0.925. The van der Waals surface area contributed by atoms with Crippen molar-refractivity contribution in [2.45, 2.75) is 38.3 Å². The van der Waals surface area contributed by atoms with Crippen molar-refractivity contribution in [1.82, 2.24) is 4.90 Å². The normalized spacial score (nSPS) is 24.2. The van der Waals surface area contributed by atoms with Crippen molar-refractivity contribution >= 4 is 17.5 Å². The molecule has 0 heterocycles. The summed E-state index contributed by atoms with van der Waals surface area (Å²) in [7, 11) is 1.86. The van der Waals surface area contributed by atoms with Crippen LogP contribution >= 0.6 is 11.6 Å². The minimum atomic E-state index is 0.0306. The largest absolute Gasteiger partial charge is 0.339 e. The molecule has 1 fully saturated rings. The van der Waals surface area contributed by atoms with E-state index in [0.717, 1.165) is 24.8 Å². The monoisotopic (exact) mass is 280 g/mol. The second-order valence-electron chi connectivity index (χ2n) is 5.45. The SMILES string of the molecule is CC(c1cccc(Cl)c1)N(C)C(=O)C1CCC(N)C1. The summed E-state index contributed by atoms with van der Waals surface area (Å²) in [5.74, 6) is 0.280. The highest BCUT2D eigenvalue weighted by Gasteiger charge is 2.31. The minimum absolute atomic E-state index is 0.0306. The van der Waals surface area contributed by atoms with Crippen molar-refractivity contribution in [2.75, 3.05) is 7.05 Å². The van der Waals surface area contributed by atoms with Crippen LogP contribution in [0.15, 0.2) is 24.3 Å². The fourth-order valence-corrected chi connectivity index (χ4v) is 2.91. The maximum absolute atomic E-state index is 12.4. The van der Waals surface area contributed by atoms with Gasteiger partial charge in [0.1, 0.15) is 0 Å². The van der Waals surface area contributed by atoms with Crippen LogP contribution in [0, 0.1) is 5.92 Å². The Balaban J connectivity index is 2.06. The van der Waals surface area contributed by atoms with Crippen LogP contribution in [0.25, 0.3) is 0 Å². The fourth-order valence-electron chi connectivity index (χ4n) is 2.71. The summed E-state index contributed by atoms with van der Waals surface area (Å²) in [6.07, 6.45) is 2.67. The summed E-state index contributed by atoms with van der Waals surface area (Å²) in [6, 6.07) is 7.89. The maximum Gasteiger partial charge on any atom is 0.225 e. The molecule has 104 valence electrons. The van der Waals surface area contributed by atoms with Gasteiger partial charge in [-0.25, -0.2) is 0 Å². The molecule has 0 aromatic heterocycles. The van der Waals surface area contributed by atoms with Crippen LogP contribution < -0.4 is 5.73 Å². The summed E-state index contributed by atoms with van der Waals surface area (Å²) < 4.78 is 0. The average Bonchev–Trinajstić information content (AvgIpc) is 2.83. The van der Waals surface area contributed by atoms with Crippen molar-refractivity contribution in [3.63, 3.8) is 0 Å². The smallest absolute Gasteiger partial charge is 0.225 e. The second-order valence-corrected chi connectivity index (χ2v) is 5.89. The van der Waals surface area contributed by atoms with Crippen LogP contribution in [0.5, 0.6) is 0 Å². The molecule has 1 aliphatic carbocycles. The average molecular weight is 281 g/mol. The Morgan fingerprint density at radius 2 is 2.21 bits per heavy atom. The number of carbonyl (C=O) groups is 1. The van der Waals surface area contributed by atoms with Crippen molar-refractivity contribution in [1.29, 1.82) is 0 Å². The lowest BCUT2D eigenvalue weighted by Gasteiger charge is -2.28. The first-order valence-corrected chi connectivity index (χ1v) is 7.14. The molecule has 1 aromatic rings. The van der Waals surface area contributed by atoms with Gasteiger partial charge in [0.05, 0.1) is 6.04 Å². The van der Waals surface area contributed by atoms with Crippen LogP contribution in [0.2, 0.25) is 5.02 Å². The van der Waals surface area contributed by atoms with E-state index >= 15 is 0 Å². The van der Waals surface area contributed by atoms with E-state index in [1.165, 1.54) is 0 Å². The van der Waals surface area contributed by atoms with E-state index in [-0.39, 0.29) is 23.9 Å². The van der Waals surface area contributed by atoms with Crippen molar-refractivity contribution in [2.24, 2.45) is 11.7 Å². The molecule has 0 aliphatic heterocycles. The zero-order valence-corrected chi connectivity index (χ0v) is 12.2. The van der Waals surface area contributed by atoms with Gasteiger partial charge in [-0.2, -0.15) is 0 Å². The number of amides is 1. The van der Waals surface area contributed by atoms with Gasteiger partial charge in [0, 0.05) is 24.0 Å². The summed E-state index contributed by atoms with van der Waals surface area (Å²) in [5, 5.41) is 0.702. The molecule has 2 N–H and O–H groups in total. The molecule has 1 saturated carbocycles. The lowest BCUT2D eigenvalue weighted by Crippen LogP contribution is -2.34. The molecule has 1 aliphatic rings. The number of carbonyl (C=O) groups excluding carboxylic acids is 1. The molecule has 19 heavy (non-hydrogen) atoms. The third-order valence-electron chi connectivity index (χ3n) is 4.08. The van der Waals surface area contributed by atoms with Gasteiger partial charge < -0.3 is 10.6 Å². The standard InChI is InChI=1S/C15H21ClN2O/c1-10(11-4-3-5-13(16)8-11)18(2)15(19)12-6-7-14(17)9-12/h3-5,8,10,12,14H,6-7,9,17H2,1-2H3. The van der Waals surface area contributed by atoms with Crippen molar-refractivity contribution in [3.05, 3.63) is 34.9 Å². The van der Waals surface area contributed by atoms with Crippen LogP contribution in [0.4, 0.5) is 0 Å².